The van der Waals surface area contributed by atoms with Crippen LogP contribution in [-0.2, 0) is 18.2 Å². The van der Waals surface area contributed by atoms with Gasteiger partial charge in [-0.2, -0.15) is 0 Å². The molecule has 0 aromatic heterocycles. The molecular weight excluding hydrogens is 513 g/mol. The Morgan fingerprint density at radius 3 is 1.40 bits per heavy atom. The van der Waals surface area contributed by atoms with E-state index in [-0.39, 0.29) is 11.8 Å². The maximum atomic E-state index is 13.8. The van der Waals surface area contributed by atoms with Gasteiger partial charge < -0.3 is 0 Å². The molecule has 2 bridgehead atoms. The summed E-state index contributed by atoms with van der Waals surface area (Å²) in [5.41, 5.74) is 4.35. The number of halogens is 3. The molecule has 3 aliphatic carbocycles. The molecule has 1 fully saturated rings. The Labute approximate surface area is 189 Å². The van der Waals surface area contributed by atoms with Gasteiger partial charge in [0.25, 0.3) is 0 Å². The standard InChI is InChI=1S/C24H14Br2FNO2/c25-23-15-5-1-2-6-16(15)24(26,18-8-4-3-7-17(18)23)20-19(23)21(29)28(22(20)30)14-11-9-13(27)10-12-14/h1-12,19-20H/t19-,20-,23?,24?/m1/s1. The Balaban J connectivity index is 1.66. The van der Waals surface area contributed by atoms with Gasteiger partial charge in [-0.3, -0.25) is 9.59 Å². The quantitative estimate of drug-likeness (QED) is 0.321. The predicted molar refractivity (Wildman–Crippen MR) is 118 cm³/mol. The summed E-state index contributed by atoms with van der Waals surface area (Å²) in [6, 6.07) is 21.4. The third-order valence-electron chi connectivity index (χ3n) is 6.67. The fraction of sp³-hybridized carbons (Fsp3) is 0.167. The van der Waals surface area contributed by atoms with Gasteiger partial charge in [0.15, 0.2) is 0 Å². The maximum Gasteiger partial charge on any atom is 0.239 e. The number of rotatable bonds is 1. The van der Waals surface area contributed by atoms with E-state index in [2.05, 4.69) is 31.9 Å². The van der Waals surface area contributed by atoms with Crippen molar-refractivity contribution in [3.63, 3.8) is 0 Å². The molecule has 2 atom stereocenters. The second kappa shape index (κ2) is 5.89. The Hall–Kier alpha value is -2.31. The number of imide groups is 1. The topological polar surface area (TPSA) is 37.4 Å². The van der Waals surface area contributed by atoms with Gasteiger partial charge in [-0.05, 0) is 46.5 Å². The lowest BCUT2D eigenvalue weighted by atomic mass is 9.54. The number of benzene rings is 3. The summed E-state index contributed by atoms with van der Waals surface area (Å²) in [4.78, 5) is 28.7. The van der Waals surface area contributed by atoms with Crippen molar-refractivity contribution in [1.29, 1.82) is 0 Å². The first-order valence-corrected chi connectivity index (χ1v) is 11.2. The van der Waals surface area contributed by atoms with Crippen LogP contribution in [0.25, 0.3) is 0 Å². The summed E-state index contributed by atoms with van der Waals surface area (Å²) in [7, 11) is 0. The van der Waals surface area contributed by atoms with E-state index < -0.39 is 26.3 Å². The summed E-state index contributed by atoms with van der Waals surface area (Å²) >= 11 is 7.92. The van der Waals surface area contributed by atoms with Gasteiger partial charge in [0, 0.05) is 0 Å². The third-order valence-corrected chi connectivity index (χ3v) is 9.37. The van der Waals surface area contributed by atoms with Gasteiger partial charge in [0.1, 0.15) is 5.82 Å². The molecule has 0 unspecified atom stereocenters. The smallest absolute Gasteiger partial charge is 0.239 e. The third kappa shape index (κ3) is 1.95. The summed E-state index contributed by atoms with van der Waals surface area (Å²) in [6.07, 6.45) is 0. The molecule has 0 spiro atoms. The van der Waals surface area contributed by atoms with E-state index in [0.29, 0.717) is 5.69 Å². The number of hydrogen-bond donors (Lipinski definition) is 0. The largest absolute Gasteiger partial charge is 0.274 e. The van der Waals surface area contributed by atoms with Crippen molar-refractivity contribution in [2.75, 3.05) is 4.90 Å². The molecule has 30 heavy (non-hydrogen) atoms. The molecule has 4 aliphatic rings. The monoisotopic (exact) mass is 525 g/mol. The van der Waals surface area contributed by atoms with Crippen molar-refractivity contribution in [2.24, 2.45) is 11.8 Å². The Kier molecular flexibility index (Phi) is 3.62. The fourth-order valence-electron chi connectivity index (χ4n) is 5.51. The van der Waals surface area contributed by atoms with Crippen LogP contribution in [0.3, 0.4) is 0 Å². The molecule has 2 amide bonds. The van der Waals surface area contributed by atoms with E-state index in [1.807, 2.05) is 48.5 Å². The summed E-state index contributed by atoms with van der Waals surface area (Å²) in [5.74, 6) is -2.22. The highest BCUT2D eigenvalue weighted by molar-refractivity contribution is 9.10. The van der Waals surface area contributed by atoms with Crippen molar-refractivity contribution in [3.05, 3.63) is 101 Å². The average molecular weight is 527 g/mol. The summed E-state index contributed by atoms with van der Waals surface area (Å²) in [5, 5.41) is 0. The molecule has 0 saturated carbocycles. The van der Waals surface area contributed by atoms with Crippen molar-refractivity contribution >= 4 is 49.4 Å². The molecule has 7 rings (SSSR count). The van der Waals surface area contributed by atoms with E-state index in [1.54, 1.807) is 0 Å². The minimum atomic E-state index is -0.818. The highest BCUT2D eigenvalue weighted by Gasteiger charge is 2.72. The lowest BCUT2D eigenvalue weighted by Crippen LogP contribution is -2.56. The summed E-state index contributed by atoms with van der Waals surface area (Å²) in [6.45, 7) is 0. The van der Waals surface area contributed by atoms with Crippen LogP contribution in [0.2, 0.25) is 0 Å². The van der Waals surface area contributed by atoms with Gasteiger partial charge in [0.2, 0.25) is 11.8 Å². The first-order chi connectivity index (χ1) is 14.4. The van der Waals surface area contributed by atoms with E-state index in [1.165, 1.54) is 29.2 Å². The molecule has 1 heterocycles. The number of amides is 2. The maximum absolute atomic E-state index is 13.8. The van der Waals surface area contributed by atoms with E-state index >= 15 is 0 Å². The molecule has 3 aromatic rings. The minimum Gasteiger partial charge on any atom is -0.274 e. The van der Waals surface area contributed by atoms with Crippen molar-refractivity contribution < 1.29 is 14.0 Å². The average Bonchev–Trinajstić information content (AvgIpc) is 3.04. The number of hydrogen-bond acceptors (Lipinski definition) is 2. The van der Waals surface area contributed by atoms with Crippen LogP contribution < -0.4 is 4.90 Å². The number of carbonyl (C=O) groups excluding carboxylic acids is 2. The SMILES string of the molecule is O=C1[C@H]2[C@H](C(=O)N1c1ccc(F)cc1)C1(Br)c3ccccc3C2(Br)c2ccccc21. The van der Waals surface area contributed by atoms with E-state index in [0.717, 1.165) is 22.3 Å². The Bertz CT molecular complexity index is 1130. The zero-order chi connectivity index (χ0) is 20.8. The first-order valence-electron chi connectivity index (χ1n) is 9.61. The minimum absolute atomic E-state index is 0.277. The fourth-order valence-corrected chi connectivity index (χ4v) is 7.82. The molecular formula is C24H14Br2FNO2. The lowest BCUT2D eigenvalue weighted by molar-refractivity contribution is -0.122. The first kappa shape index (κ1) is 18.5. The molecule has 148 valence electrons. The molecule has 1 aliphatic heterocycles. The van der Waals surface area contributed by atoms with E-state index in [4.69, 9.17) is 0 Å². The van der Waals surface area contributed by atoms with E-state index in [9.17, 15) is 14.0 Å². The Morgan fingerprint density at radius 1 is 0.667 bits per heavy atom. The van der Waals surface area contributed by atoms with Crippen molar-refractivity contribution in [2.45, 2.75) is 8.65 Å². The second-order valence-electron chi connectivity index (χ2n) is 7.96. The zero-order valence-corrected chi connectivity index (χ0v) is 18.7. The normalized spacial score (nSPS) is 30.8. The number of carbonyl (C=O) groups is 2. The predicted octanol–water partition coefficient (Wildman–Crippen LogP) is 5.24. The van der Waals surface area contributed by atoms with Gasteiger partial charge >= 0.3 is 0 Å². The molecule has 3 aromatic carbocycles. The molecule has 1 saturated heterocycles. The van der Waals surface area contributed by atoms with Gasteiger partial charge in [0.05, 0.1) is 26.2 Å². The highest BCUT2D eigenvalue weighted by Crippen LogP contribution is 2.70. The molecule has 3 nitrogen and oxygen atoms in total. The summed E-state index contributed by atoms with van der Waals surface area (Å²) < 4.78 is 11.8. The van der Waals surface area contributed by atoms with Crippen LogP contribution in [-0.4, -0.2) is 11.8 Å². The van der Waals surface area contributed by atoms with Gasteiger partial charge in [-0.1, -0.05) is 80.4 Å². The molecule has 0 radical (unpaired) electrons. The molecule has 0 N–H and O–H groups in total. The lowest BCUT2D eigenvalue weighted by Gasteiger charge is -2.55. The van der Waals surface area contributed by atoms with Gasteiger partial charge in [-0.25, -0.2) is 9.29 Å². The highest BCUT2D eigenvalue weighted by atomic mass is 79.9. The van der Waals surface area contributed by atoms with Crippen LogP contribution in [0, 0.1) is 17.7 Å². The Morgan fingerprint density at radius 2 is 1.03 bits per heavy atom. The number of anilines is 1. The number of alkyl halides is 2. The van der Waals surface area contributed by atoms with Crippen LogP contribution in [0.15, 0.2) is 72.8 Å². The van der Waals surface area contributed by atoms with Crippen LogP contribution in [0.5, 0.6) is 0 Å². The van der Waals surface area contributed by atoms with Crippen molar-refractivity contribution in [3.8, 4) is 0 Å². The van der Waals surface area contributed by atoms with Crippen molar-refractivity contribution in [1.82, 2.24) is 0 Å². The molecule has 6 heteroatoms. The van der Waals surface area contributed by atoms with Crippen LogP contribution >= 0.6 is 31.9 Å². The van der Waals surface area contributed by atoms with Crippen LogP contribution in [0.4, 0.5) is 10.1 Å². The van der Waals surface area contributed by atoms with Crippen LogP contribution in [0.1, 0.15) is 22.3 Å². The zero-order valence-electron chi connectivity index (χ0n) is 15.5. The number of nitrogens with zero attached hydrogens (tertiary/aromatic N) is 1. The second-order valence-corrected chi connectivity index (χ2v) is 10.5. The van der Waals surface area contributed by atoms with Gasteiger partial charge in [-0.15, -0.1) is 0 Å².